The topological polar surface area (TPSA) is 88.7 Å². The summed E-state index contributed by atoms with van der Waals surface area (Å²) in [5.74, 6) is 1.29. The van der Waals surface area contributed by atoms with Crippen LogP contribution in [-0.4, -0.2) is 27.8 Å². The van der Waals surface area contributed by atoms with Crippen molar-refractivity contribution in [1.29, 1.82) is 0 Å². The van der Waals surface area contributed by atoms with Gasteiger partial charge in [0.15, 0.2) is 0 Å². The van der Waals surface area contributed by atoms with Gasteiger partial charge in [0.1, 0.15) is 5.75 Å². The van der Waals surface area contributed by atoms with Crippen LogP contribution < -0.4 is 10.5 Å². The van der Waals surface area contributed by atoms with Crippen LogP contribution in [-0.2, 0) is 0 Å². The first-order valence-electron chi connectivity index (χ1n) is 6.56. The quantitative estimate of drug-likeness (QED) is 0.656. The molecule has 1 heterocycles. The summed E-state index contributed by atoms with van der Waals surface area (Å²) in [4.78, 5) is 14.9. The van der Waals surface area contributed by atoms with Gasteiger partial charge in [-0.1, -0.05) is 23.5 Å². The Morgan fingerprint density at radius 1 is 1.57 bits per heavy atom. The van der Waals surface area contributed by atoms with E-state index in [1.807, 2.05) is 29.6 Å². The van der Waals surface area contributed by atoms with Crippen LogP contribution in [0.25, 0.3) is 0 Å². The molecular weight excluding hydrogens is 290 g/mol. The van der Waals surface area contributed by atoms with Crippen molar-refractivity contribution >= 4 is 17.4 Å². The Morgan fingerprint density at radius 3 is 3.14 bits per heavy atom. The highest BCUT2D eigenvalue weighted by atomic mass is 32.1. The Morgan fingerprint density at radius 2 is 2.43 bits per heavy atom. The van der Waals surface area contributed by atoms with Crippen LogP contribution in [0.1, 0.15) is 17.9 Å². The number of hydrogen-bond donors (Lipinski definition) is 2. The normalized spacial score (nSPS) is 20.0. The summed E-state index contributed by atoms with van der Waals surface area (Å²) in [6, 6.07) is 6.98. The summed E-state index contributed by atoms with van der Waals surface area (Å²) in [5, 5.41) is 12.4. The first-order valence-corrected chi connectivity index (χ1v) is 7.44. The highest BCUT2D eigenvalue weighted by molar-refractivity contribution is 7.11. The number of nitrogens with zero attached hydrogens (tertiary/aromatic N) is 2. The number of carbonyl (C=O) groups excluding carboxylic acids is 1. The fourth-order valence-electron chi connectivity index (χ4n) is 2.34. The minimum Gasteiger partial charge on any atom is -0.431 e. The van der Waals surface area contributed by atoms with E-state index in [-0.39, 0.29) is 12.5 Å². The van der Waals surface area contributed by atoms with Crippen LogP contribution >= 0.6 is 11.3 Å². The number of hydroxylamine groups is 2. The SMILES string of the molecule is NC(=O)N(O)CC1CC1c1cccc(Oc2nccs2)c1. The van der Waals surface area contributed by atoms with Crippen molar-refractivity contribution in [1.82, 2.24) is 10.0 Å². The van der Waals surface area contributed by atoms with Crippen molar-refractivity contribution in [2.75, 3.05) is 6.54 Å². The van der Waals surface area contributed by atoms with Gasteiger partial charge in [0.2, 0.25) is 0 Å². The molecule has 1 aromatic heterocycles. The molecule has 2 atom stereocenters. The lowest BCUT2D eigenvalue weighted by atomic mass is 10.1. The predicted molar refractivity (Wildman–Crippen MR) is 77.6 cm³/mol. The second kappa shape index (κ2) is 5.71. The van der Waals surface area contributed by atoms with Gasteiger partial charge in [-0.3, -0.25) is 5.21 Å². The molecule has 0 radical (unpaired) electrons. The number of nitrogens with two attached hydrogens (primary N) is 1. The summed E-state index contributed by atoms with van der Waals surface area (Å²) in [7, 11) is 0. The number of thiazole rings is 1. The lowest BCUT2D eigenvalue weighted by Gasteiger charge is -2.11. The molecule has 2 aromatic rings. The van der Waals surface area contributed by atoms with Gasteiger partial charge in [0.05, 0.1) is 6.54 Å². The average molecular weight is 305 g/mol. The Bertz CT molecular complexity index is 632. The molecule has 1 aliphatic carbocycles. The Kier molecular flexibility index (Phi) is 3.76. The molecule has 2 unspecified atom stereocenters. The lowest BCUT2D eigenvalue weighted by molar-refractivity contribution is -0.0431. The van der Waals surface area contributed by atoms with Gasteiger partial charge < -0.3 is 10.5 Å². The molecule has 7 heteroatoms. The maximum absolute atomic E-state index is 10.8. The number of rotatable bonds is 5. The molecule has 0 saturated heterocycles. The summed E-state index contributed by atoms with van der Waals surface area (Å²) in [6.45, 7) is 0.261. The largest absolute Gasteiger partial charge is 0.431 e. The van der Waals surface area contributed by atoms with Gasteiger partial charge >= 0.3 is 6.03 Å². The number of primary amides is 1. The van der Waals surface area contributed by atoms with Gasteiger partial charge in [-0.05, 0) is 36.0 Å². The van der Waals surface area contributed by atoms with Crippen LogP contribution in [0.5, 0.6) is 10.9 Å². The van der Waals surface area contributed by atoms with Crippen molar-refractivity contribution in [3.8, 4) is 10.9 Å². The summed E-state index contributed by atoms with van der Waals surface area (Å²) in [5.41, 5.74) is 6.14. The molecule has 110 valence electrons. The highest BCUT2D eigenvalue weighted by Crippen LogP contribution is 2.48. The van der Waals surface area contributed by atoms with E-state index < -0.39 is 6.03 Å². The standard InChI is InChI=1S/C14H15N3O3S/c15-13(18)17(19)8-10-7-12(10)9-2-1-3-11(6-9)20-14-16-4-5-21-14/h1-6,10,12,19H,7-8H2,(H2,15,18). The molecule has 1 aromatic carbocycles. The number of amides is 2. The Labute approximate surface area is 125 Å². The van der Waals surface area contributed by atoms with E-state index in [1.165, 1.54) is 11.3 Å². The second-order valence-electron chi connectivity index (χ2n) is 5.00. The molecule has 1 fully saturated rings. The van der Waals surface area contributed by atoms with Gasteiger partial charge in [-0.25, -0.2) is 14.8 Å². The average Bonchev–Trinajstić information content (AvgIpc) is 3.04. The van der Waals surface area contributed by atoms with Crippen LogP contribution in [0.15, 0.2) is 35.8 Å². The minimum absolute atomic E-state index is 0.234. The van der Waals surface area contributed by atoms with Crippen LogP contribution in [0.3, 0.4) is 0 Å². The summed E-state index contributed by atoms with van der Waals surface area (Å²) >= 11 is 1.44. The molecule has 0 spiro atoms. The summed E-state index contributed by atoms with van der Waals surface area (Å²) in [6.07, 6.45) is 2.62. The fourth-order valence-corrected chi connectivity index (χ4v) is 2.84. The minimum atomic E-state index is -0.818. The fraction of sp³-hybridized carbons (Fsp3) is 0.286. The third kappa shape index (κ3) is 3.32. The van der Waals surface area contributed by atoms with E-state index in [2.05, 4.69) is 4.98 Å². The van der Waals surface area contributed by atoms with E-state index in [4.69, 9.17) is 10.5 Å². The predicted octanol–water partition coefficient (Wildman–Crippen LogP) is 2.81. The maximum atomic E-state index is 10.8. The number of carbonyl (C=O) groups is 1. The number of benzene rings is 1. The van der Waals surface area contributed by atoms with E-state index in [1.54, 1.807) is 6.20 Å². The van der Waals surface area contributed by atoms with Crippen molar-refractivity contribution < 1.29 is 14.7 Å². The van der Waals surface area contributed by atoms with Crippen LogP contribution in [0, 0.1) is 5.92 Å². The van der Waals surface area contributed by atoms with Gasteiger partial charge in [-0.2, -0.15) is 0 Å². The Balaban J connectivity index is 1.63. The zero-order chi connectivity index (χ0) is 14.8. The van der Waals surface area contributed by atoms with Crippen LogP contribution in [0.2, 0.25) is 0 Å². The monoisotopic (exact) mass is 305 g/mol. The smallest absolute Gasteiger partial charge is 0.338 e. The van der Waals surface area contributed by atoms with Gasteiger partial charge in [0.25, 0.3) is 5.19 Å². The first-order chi connectivity index (χ1) is 10.1. The number of ether oxygens (including phenoxy) is 1. The molecule has 2 amide bonds. The van der Waals surface area contributed by atoms with Crippen molar-refractivity contribution in [2.45, 2.75) is 12.3 Å². The molecule has 1 saturated carbocycles. The molecule has 21 heavy (non-hydrogen) atoms. The van der Waals surface area contributed by atoms with Crippen LogP contribution in [0.4, 0.5) is 4.79 Å². The van der Waals surface area contributed by atoms with Crippen molar-refractivity contribution in [2.24, 2.45) is 11.7 Å². The number of hydrogen-bond acceptors (Lipinski definition) is 5. The molecular formula is C14H15N3O3S. The van der Waals surface area contributed by atoms with E-state index >= 15 is 0 Å². The van der Waals surface area contributed by atoms with Crippen molar-refractivity contribution in [3.05, 3.63) is 41.4 Å². The van der Waals surface area contributed by atoms with Gasteiger partial charge in [0, 0.05) is 11.6 Å². The summed E-state index contributed by atoms with van der Waals surface area (Å²) < 4.78 is 5.67. The molecule has 1 aliphatic rings. The Hall–Kier alpha value is -2.12. The molecule has 0 aliphatic heterocycles. The first kappa shape index (κ1) is 13.8. The zero-order valence-corrected chi connectivity index (χ0v) is 12.0. The third-order valence-corrected chi connectivity index (χ3v) is 4.13. The second-order valence-corrected chi connectivity index (χ2v) is 5.85. The highest BCUT2D eigenvalue weighted by Gasteiger charge is 2.40. The zero-order valence-electron chi connectivity index (χ0n) is 11.2. The number of aromatic nitrogens is 1. The molecule has 3 N–H and O–H groups in total. The molecule has 3 rings (SSSR count). The van der Waals surface area contributed by atoms with E-state index in [0.29, 0.717) is 16.2 Å². The van der Waals surface area contributed by atoms with E-state index in [0.717, 1.165) is 17.7 Å². The third-order valence-electron chi connectivity index (χ3n) is 3.49. The number of urea groups is 1. The molecule has 6 nitrogen and oxygen atoms in total. The molecule has 0 bridgehead atoms. The van der Waals surface area contributed by atoms with Gasteiger partial charge in [-0.15, -0.1) is 0 Å². The lowest BCUT2D eigenvalue weighted by Crippen LogP contribution is -2.34. The maximum Gasteiger partial charge on any atom is 0.338 e. The van der Waals surface area contributed by atoms with E-state index in [9.17, 15) is 10.0 Å². The van der Waals surface area contributed by atoms with Crippen molar-refractivity contribution in [3.63, 3.8) is 0 Å².